The molecule has 7 nitrogen and oxygen atoms in total. The third-order valence-corrected chi connectivity index (χ3v) is 6.03. The second-order valence-corrected chi connectivity index (χ2v) is 9.96. The van der Waals surface area contributed by atoms with Gasteiger partial charge in [0.05, 0.1) is 18.7 Å². The van der Waals surface area contributed by atoms with E-state index in [1.807, 2.05) is 6.07 Å². The Bertz CT molecular complexity index is 1150. The lowest BCUT2D eigenvalue weighted by Crippen LogP contribution is -2.41. The molecule has 0 radical (unpaired) electrons. The molecule has 2 aromatic carbocycles. The number of rotatable bonds is 7. The molecular formula is C22H24F3N3O4S. The van der Waals surface area contributed by atoms with Gasteiger partial charge in [-0.15, -0.1) is 0 Å². The van der Waals surface area contributed by atoms with E-state index in [0.29, 0.717) is 16.0 Å². The van der Waals surface area contributed by atoms with Crippen LogP contribution in [0.1, 0.15) is 42.3 Å². The summed E-state index contributed by atoms with van der Waals surface area (Å²) in [5.41, 5.74) is -0.393. The zero-order valence-corrected chi connectivity index (χ0v) is 19.3. The van der Waals surface area contributed by atoms with Gasteiger partial charge >= 0.3 is 6.18 Å². The average Bonchev–Trinajstić information content (AvgIpc) is 2.70. The van der Waals surface area contributed by atoms with Crippen molar-refractivity contribution >= 4 is 15.9 Å². The molecule has 1 amide bonds. The molecule has 0 spiro atoms. The van der Waals surface area contributed by atoms with Gasteiger partial charge in [-0.1, -0.05) is 12.1 Å². The van der Waals surface area contributed by atoms with Crippen LogP contribution in [0.4, 0.5) is 13.2 Å². The zero-order valence-electron chi connectivity index (χ0n) is 18.5. The number of ether oxygens (including phenoxy) is 1. The Labute approximate surface area is 190 Å². The number of benzene rings is 2. The van der Waals surface area contributed by atoms with Gasteiger partial charge in [0.2, 0.25) is 10.0 Å². The van der Waals surface area contributed by atoms with Crippen molar-refractivity contribution in [2.45, 2.75) is 43.9 Å². The molecule has 2 aromatic rings. The van der Waals surface area contributed by atoms with Gasteiger partial charge in [0, 0.05) is 17.6 Å². The SMILES string of the molecule is COc1ccc(C(=O)N(Cc2ccc(C#N)cc2)CC(F)(F)F)cc1S(=O)(=O)NC(C)(C)C. The normalized spacial score (nSPS) is 12.2. The van der Waals surface area contributed by atoms with E-state index in [4.69, 9.17) is 10.00 Å². The molecule has 33 heavy (non-hydrogen) atoms. The van der Waals surface area contributed by atoms with Crippen LogP contribution in [0, 0.1) is 11.3 Å². The fourth-order valence-electron chi connectivity index (χ4n) is 2.98. The summed E-state index contributed by atoms with van der Waals surface area (Å²) < 4.78 is 72.8. The molecule has 0 unspecified atom stereocenters. The Hall–Kier alpha value is -3.10. The lowest BCUT2D eigenvalue weighted by molar-refractivity contribution is -0.141. The fraction of sp³-hybridized carbons (Fsp3) is 0.364. The molecule has 0 aliphatic heterocycles. The summed E-state index contributed by atoms with van der Waals surface area (Å²) in [6, 6.07) is 11.1. The van der Waals surface area contributed by atoms with Crippen molar-refractivity contribution in [3.05, 3.63) is 59.2 Å². The number of nitriles is 1. The number of carbonyl (C=O) groups is 1. The maximum atomic E-state index is 13.2. The third-order valence-electron chi connectivity index (χ3n) is 4.25. The van der Waals surface area contributed by atoms with E-state index in [0.717, 1.165) is 6.07 Å². The molecule has 178 valence electrons. The minimum Gasteiger partial charge on any atom is -0.495 e. The van der Waals surface area contributed by atoms with Crippen LogP contribution in [0.15, 0.2) is 47.4 Å². The van der Waals surface area contributed by atoms with E-state index in [1.54, 1.807) is 20.8 Å². The first-order chi connectivity index (χ1) is 15.1. The van der Waals surface area contributed by atoms with Crippen molar-refractivity contribution in [3.8, 4) is 11.8 Å². The largest absolute Gasteiger partial charge is 0.495 e. The summed E-state index contributed by atoms with van der Waals surface area (Å²) in [6.45, 7) is 2.93. The second-order valence-electron chi connectivity index (χ2n) is 8.31. The van der Waals surface area contributed by atoms with Crippen LogP contribution in [-0.4, -0.2) is 44.6 Å². The highest BCUT2D eigenvalue weighted by molar-refractivity contribution is 7.89. The minimum atomic E-state index is -4.68. The number of amides is 1. The van der Waals surface area contributed by atoms with Gasteiger partial charge in [0.25, 0.3) is 5.91 Å². The molecule has 0 bridgehead atoms. The highest BCUT2D eigenvalue weighted by atomic mass is 32.2. The predicted octanol–water partition coefficient (Wildman–Crippen LogP) is 3.85. The van der Waals surface area contributed by atoms with Crippen LogP contribution in [0.2, 0.25) is 0 Å². The Morgan fingerprint density at radius 1 is 1.12 bits per heavy atom. The zero-order chi connectivity index (χ0) is 25.0. The fourth-order valence-corrected chi connectivity index (χ4v) is 4.60. The van der Waals surface area contributed by atoms with Crippen molar-refractivity contribution in [2.75, 3.05) is 13.7 Å². The van der Waals surface area contributed by atoms with Crippen LogP contribution >= 0.6 is 0 Å². The molecule has 0 saturated heterocycles. The number of nitrogens with one attached hydrogen (secondary N) is 1. The number of alkyl halides is 3. The molecule has 0 fully saturated rings. The summed E-state index contributed by atoms with van der Waals surface area (Å²) >= 11 is 0. The highest BCUT2D eigenvalue weighted by Gasteiger charge is 2.34. The van der Waals surface area contributed by atoms with E-state index in [1.165, 1.54) is 43.5 Å². The molecule has 0 saturated carbocycles. The summed E-state index contributed by atoms with van der Waals surface area (Å²) in [7, 11) is -2.90. The van der Waals surface area contributed by atoms with E-state index in [-0.39, 0.29) is 16.2 Å². The Morgan fingerprint density at radius 3 is 2.21 bits per heavy atom. The second kappa shape index (κ2) is 9.80. The van der Waals surface area contributed by atoms with Crippen LogP contribution < -0.4 is 9.46 Å². The maximum absolute atomic E-state index is 13.2. The average molecular weight is 484 g/mol. The number of methoxy groups -OCH3 is 1. The molecule has 2 rings (SSSR count). The molecule has 0 aromatic heterocycles. The smallest absolute Gasteiger partial charge is 0.406 e. The van der Waals surface area contributed by atoms with Crippen molar-refractivity contribution < 1.29 is 31.1 Å². The van der Waals surface area contributed by atoms with Crippen LogP contribution in [0.5, 0.6) is 5.75 Å². The predicted molar refractivity (Wildman–Crippen MR) is 115 cm³/mol. The summed E-state index contributed by atoms with van der Waals surface area (Å²) in [4.78, 5) is 13.2. The first kappa shape index (κ1) is 26.2. The number of carbonyl (C=O) groups excluding carboxylic acids is 1. The van der Waals surface area contributed by atoms with Crippen molar-refractivity contribution in [2.24, 2.45) is 0 Å². The standard InChI is InChI=1S/C22H24F3N3O4S/c1-21(2,3)27-33(30,31)19-11-17(9-10-18(19)32-4)20(29)28(14-22(23,24)25)13-16-7-5-15(12-26)6-8-16/h5-11,27H,13-14H2,1-4H3. The number of nitrogens with zero attached hydrogens (tertiary/aromatic N) is 2. The van der Waals surface area contributed by atoms with Gasteiger partial charge in [-0.05, 0) is 56.7 Å². The summed E-state index contributed by atoms with van der Waals surface area (Å²) in [6.07, 6.45) is -4.68. The lowest BCUT2D eigenvalue weighted by Gasteiger charge is -2.25. The number of sulfonamides is 1. The van der Waals surface area contributed by atoms with Gasteiger partial charge in [-0.2, -0.15) is 18.4 Å². The van der Waals surface area contributed by atoms with Crippen LogP contribution in [-0.2, 0) is 16.6 Å². The Kier molecular flexibility index (Phi) is 7.77. The first-order valence-electron chi connectivity index (χ1n) is 9.72. The molecule has 1 N–H and O–H groups in total. The van der Waals surface area contributed by atoms with Crippen molar-refractivity contribution in [1.29, 1.82) is 5.26 Å². The minimum absolute atomic E-state index is 0.0576. The van der Waals surface area contributed by atoms with Gasteiger partial charge in [0.1, 0.15) is 17.2 Å². The van der Waals surface area contributed by atoms with E-state index in [9.17, 15) is 26.4 Å². The van der Waals surface area contributed by atoms with Gasteiger partial charge in [-0.25, -0.2) is 13.1 Å². The van der Waals surface area contributed by atoms with E-state index >= 15 is 0 Å². The highest BCUT2D eigenvalue weighted by Crippen LogP contribution is 2.28. The van der Waals surface area contributed by atoms with Crippen molar-refractivity contribution in [3.63, 3.8) is 0 Å². The number of halogens is 3. The number of hydrogen-bond acceptors (Lipinski definition) is 5. The lowest BCUT2D eigenvalue weighted by atomic mass is 10.1. The Morgan fingerprint density at radius 2 is 1.73 bits per heavy atom. The van der Waals surface area contributed by atoms with Crippen LogP contribution in [0.3, 0.4) is 0 Å². The molecule has 0 heterocycles. The van der Waals surface area contributed by atoms with E-state index in [2.05, 4.69) is 4.72 Å². The molecule has 0 aliphatic rings. The summed E-state index contributed by atoms with van der Waals surface area (Å²) in [5, 5.41) is 8.88. The van der Waals surface area contributed by atoms with Crippen LogP contribution in [0.25, 0.3) is 0 Å². The summed E-state index contributed by atoms with van der Waals surface area (Å²) in [5.74, 6) is -1.07. The molecular weight excluding hydrogens is 459 g/mol. The first-order valence-corrected chi connectivity index (χ1v) is 11.2. The molecule has 0 atom stereocenters. The van der Waals surface area contributed by atoms with Gasteiger partial charge in [-0.3, -0.25) is 4.79 Å². The van der Waals surface area contributed by atoms with Gasteiger partial charge < -0.3 is 9.64 Å². The van der Waals surface area contributed by atoms with E-state index < -0.39 is 40.7 Å². The van der Waals surface area contributed by atoms with Gasteiger partial charge in [0.15, 0.2) is 0 Å². The number of hydrogen-bond donors (Lipinski definition) is 1. The topological polar surface area (TPSA) is 99.5 Å². The maximum Gasteiger partial charge on any atom is 0.406 e. The monoisotopic (exact) mass is 483 g/mol. The quantitative estimate of drug-likeness (QED) is 0.645. The van der Waals surface area contributed by atoms with Crippen molar-refractivity contribution in [1.82, 2.24) is 9.62 Å². The molecule has 0 aliphatic carbocycles. The molecule has 11 heteroatoms. The Balaban J connectivity index is 2.47. The third kappa shape index (κ3) is 7.47.